The van der Waals surface area contributed by atoms with E-state index in [1.807, 2.05) is 16.7 Å². The Morgan fingerprint density at radius 1 is 1.05 bits per heavy atom. The molecular formula is C28H27N7O3. The van der Waals surface area contributed by atoms with E-state index >= 15 is 0 Å². The summed E-state index contributed by atoms with van der Waals surface area (Å²) >= 11 is 0. The molecule has 38 heavy (non-hydrogen) atoms. The second-order valence-electron chi connectivity index (χ2n) is 10.5. The Bertz CT molecular complexity index is 1820. The Balaban J connectivity index is 1.47. The van der Waals surface area contributed by atoms with E-state index in [1.54, 1.807) is 50.0 Å². The fourth-order valence-corrected chi connectivity index (χ4v) is 5.39. The molecule has 0 aliphatic heterocycles. The summed E-state index contributed by atoms with van der Waals surface area (Å²) in [5, 5.41) is 13.5. The quantitative estimate of drug-likeness (QED) is 0.374. The SMILES string of the molecule is Cn1cc(-c2ccnc(-n3ccn4c5c(cc4c3=O)CC(C)(C)C5)c2CO)cc(Nc2ccncn2)c1=O. The zero-order valence-corrected chi connectivity index (χ0v) is 21.3. The highest BCUT2D eigenvalue weighted by Crippen LogP contribution is 2.37. The molecule has 192 valence electrons. The van der Waals surface area contributed by atoms with Gasteiger partial charge in [-0.1, -0.05) is 13.8 Å². The minimum Gasteiger partial charge on any atom is -0.392 e. The number of aryl methyl sites for hydroxylation is 1. The normalized spacial score (nSPS) is 14.1. The molecule has 2 N–H and O–H groups in total. The first-order valence-electron chi connectivity index (χ1n) is 12.3. The Morgan fingerprint density at radius 3 is 2.66 bits per heavy atom. The van der Waals surface area contributed by atoms with Crippen LogP contribution in [0.1, 0.15) is 30.7 Å². The van der Waals surface area contributed by atoms with Crippen LogP contribution in [0.5, 0.6) is 0 Å². The van der Waals surface area contributed by atoms with Crippen LogP contribution in [0.2, 0.25) is 0 Å². The number of hydrogen-bond donors (Lipinski definition) is 2. The lowest BCUT2D eigenvalue weighted by Gasteiger charge is -2.17. The minimum absolute atomic E-state index is 0.178. The van der Waals surface area contributed by atoms with Crippen LogP contribution in [0.4, 0.5) is 11.5 Å². The fraction of sp³-hybridized carbons (Fsp3) is 0.250. The topological polar surface area (TPSA) is 119 Å². The van der Waals surface area contributed by atoms with Crippen LogP contribution in [-0.2, 0) is 26.5 Å². The van der Waals surface area contributed by atoms with Gasteiger partial charge in [0.05, 0.1) is 6.61 Å². The number of pyridine rings is 2. The van der Waals surface area contributed by atoms with Gasteiger partial charge in [-0.25, -0.2) is 15.0 Å². The molecule has 0 fully saturated rings. The van der Waals surface area contributed by atoms with Gasteiger partial charge in [0.1, 0.15) is 29.2 Å². The summed E-state index contributed by atoms with van der Waals surface area (Å²) in [6.45, 7) is 4.12. The highest BCUT2D eigenvalue weighted by Gasteiger charge is 2.31. The molecule has 0 radical (unpaired) electrons. The van der Waals surface area contributed by atoms with Gasteiger partial charge < -0.3 is 19.4 Å². The summed E-state index contributed by atoms with van der Waals surface area (Å²) in [6.07, 6.45) is 11.7. The molecule has 5 aromatic heterocycles. The first-order valence-corrected chi connectivity index (χ1v) is 12.3. The van der Waals surface area contributed by atoms with Crippen molar-refractivity contribution < 1.29 is 5.11 Å². The molecule has 6 rings (SSSR count). The Labute approximate surface area is 217 Å². The minimum atomic E-state index is -0.348. The fourth-order valence-electron chi connectivity index (χ4n) is 5.39. The summed E-state index contributed by atoms with van der Waals surface area (Å²) < 4.78 is 4.91. The van der Waals surface area contributed by atoms with Crippen molar-refractivity contribution in [1.29, 1.82) is 0 Å². The third kappa shape index (κ3) is 3.90. The summed E-state index contributed by atoms with van der Waals surface area (Å²) in [6, 6.07) is 7.11. The predicted octanol–water partition coefficient (Wildman–Crippen LogP) is 3.00. The molecule has 10 nitrogen and oxygen atoms in total. The number of aromatic nitrogens is 6. The molecular weight excluding hydrogens is 482 g/mol. The molecule has 0 atom stereocenters. The van der Waals surface area contributed by atoms with Crippen LogP contribution in [0.3, 0.4) is 0 Å². The molecule has 0 saturated carbocycles. The van der Waals surface area contributed by atoms with Crippen molar-refractivity contribution >= 4 is 17.0 Å². The molecule has 0 bridgehead atoms. The van der Waals surface area contributed by atoms with E-state index in [0.29, 0.717) is 39.5 Å². The van der Waals surface area contributed by atoms with Gasteiger partial charge in [-0.15, -0.1) is 0 Å². The number of rotatable bonds is 5. The number of aliphatic hydroxyl groups excluding tert-OH is 1. The maximum Gasteiger partial charge on any atom is 0.280 e. The second kappa shape index (κ2) is 8.77. The van der Waals surface area contributed by atoms with Crippen LogP contribution in [0.15, 0.2) is 71.2 Å². The van der Waals surface area contributed by atoms with E-state index in [2.05, 4.69) is 34.1 Å². The maximum absolute atomic E-state index is 13.6. The number of nitrogens with one attached hydrogen (secondary N) is 1. The van der Waals surface area contributed by atoms with Crippen LogP contribution in [0, 0.1) is 5.41 Å². The van der Waals surface area contributed by atoms with E-state index < -0.39 is 0 Å². The van der Waals surface area contributed by atoms with Crippen molar-refractivity contribution in [1.82, 2.24) is 28.5 Å². The Kier molecular flexibility index (Phi) is 5.50. The lowest BCUT2D eigenvalue weighted by atomic mass is 9.90. The Hall–Kier alpha value is -4.57. The van der Waals surface area contributed by atoms with Crippen LogP contribution in [0.25, 0.3) is 22.5 Å². The average molecular weight is 510 g/mol. The monoisotopic (exact) mass is 509 g/mol. The highest BCUT2D eigenvalue weighted by atomic mass is 16.3. The lowest BCUT2D eigenvalue weighted by Crippen LogP contribution is -2.23. The molecule has 0 saturated heterocycles. The molecule has 5 aromatic rings. The number of hydrogen-bond acceptors (Lipinski definition) is 7. The Morgan fingerprint density at radius 2 is 1.89 bits per heavy atom. The van der Waals surface area contributed by atoms with Crippen molar-refractivity contribution in [2.75, 3.05) is 5.32 Å². The lowest BCUT2D eigenvalue weighted by molar-refractivity contribution is 0.281. The first kappa shape index (κ1) is 23.8. The average Bonchev–Trinajstić information content (AvgIpc) is 3.39. The molecule has 10 heteroatoms. The van der Waals surface area contributed by atoms with Crippen molar-refractivity contribution in [2.24, 2.45) is 12.5 Å². The zero-order valence-electron chi connectivity index (χ0n) is 21.3. The number of anilines is 2. The zero-order chi connectivity index (χ0) is 26.6. The van der Waals surface area contributed by atoms with E-state index in [-0.39, 0.29) is 23.1 Å². The molecule has 5 heterocycles. The van der Waals surface area contributed by atoms with Gasteiger partial charge in [-0.2, -0.15) is 0 Å². The van der Waals surface area contributed by atoms with E-state index in [9.17, 15) is 14.7 Å². The molecule has 1 aliphatic carbocycles. The summed E-state index contributed by atoms with van der Waals surface area (Å²) in [7, 11) is 1.66. The van der Waals surface area contributed by atoms with Crippen LogP contribution >= 0.6 is 0 Å². The molecule has 0 unspecified atom stereocenters. The third-order valence-corrected chi connectivity index (χ3v) is 7.11. The van der Waals surface area contributed by atoms with Crippen molar-refractivity contribution in [3.8, 4) is 16.9 Å². The van der Waals surface area contributed by atoms with Crippen molar-refractivity contribution in [2.45, 2.75) is 33.3 Å². The van der Waals surface area contributed by atoms with E-state index in [1.165, 1.54) is 26.7 Å². The largest absolute Gasteiger partial charge is 0.392 e. The van der Waals surface area contributed by atoms with Crippen molar-refractivity contribution in [3.63, 3.8) is 0 Å². The van der Waals surface area contributed by atoms with Gasteiger partial charge in [0.2, 0.25) is 0 Å². The van der Waals surface area contributed by atoms with Crippen LogP contribution < -0.4 is 16.4 Å². The maximum atomic E-state index is 13.6. The smallest absolute Gasteiger partial charge is 0.280 e. The molecule has 0 spiro atoms. The number of nitrogens with zero attached hydrogens (tertiary/aromatic N) is 6. The number of aliphatic hydroxyl groups is 1. The molecule has 1 aliphatic rings. The van der Waals surface area contributed by atoms with Gasteiger partial charge in [0.15, 0.2) is 0 Å². The third-order valence-electron chi connectivity index (χ3n) is 7.11. The molecule has 0 aromatic carbocycles. The van der Waals surface area contributed by atoms with Gasteiger partial charge in [-0.3, -0.25) is 14.2 Å². The van der Waals surface area contributed by atoms with Crippen molar-refractivity contribution in [3.05, 3.63) is 99.1 Å². The van der Waals surface area contributed by atoms with Gasteiger partial charge in [0.25, 0.3) is 11.1 Å². The summed E-state index contributed by atoms with van der Waals surface area (Å²) in [4.78, 5) is 39.0. The second-order valence-corrected chi connectivity index (χ2v) is 10.5. The summed E-state index contributed by atoms with van der Waals surface area (Å²) in [5.74, 6) is 0.827. The highest BCUT2D eigenvalue weighted by molar-refractivity contribution is 5.73. The standard InChI is InChI=1S/C28H27N7O3/c1-28(2)12-17-11-22-27(38)35(9-8-34(22)23(17)13-28)25-20(15-36)19(4-7-30-25)18-10-21(26(37)33(3)14-18)32-24-5-6-29-16-31-24/h4-11,14,16,36H,12-13,15H2,1-3H3,(H,29,31,32). The number of fused-ring (bicyclic) bond motifs is 3. The molecule has 0 amide bonds. The van der Waals surface area contributed by atoms with E-state index in [0.717, 1.165) is 12.8 Å². The van der Waals surface area contributed by atoms with E-state index in [4.69, 9.17) is 0 Å². The van der Waals surface area contributed by atoms with Gasteiger partial charge >= 0.3 is 0 Å². The van der Waals surface area contributed by atoms with Gasteiger partial charge in [-0.05, 0) is 53.6 Å². The van der Waals surface area contributed by atoms with Crippen LogP contribution in [-0.4, -0.2) is 33.6 Å². The first-order chi connectivity index (χ1) is 18.3. The van der Waals surface area contributed by atoms with Gasteiger partial charge in [0, 0.05) is 54.9 Å². The summed E-state index contributed by atoms with van der Waals surface area (Å²) in [5.41, 5.74) is 4.82. The predicted molar refractivity (Wildman–Crippen MR) is 144 cm³/mol.